The highest BCUT2D eigenvalue weighted by Crippen LogP contribution is 2.25. The summed E-state index contributed by atoms with van der Waals surface area (Å²) in [6.45, 7) is 6.51. The molecule has 1 N–H and O–H groups in total. The summed E-state index contributed by atoms with van der Waals surface area (Å²) in [6.07, 6.45) is 0.827. The Kier molecular flexibility index (Phi) is 7.47. The van der Waals surface area contributed by atoms with E-state index in [1.165, 1.54) is 27.8 Å². The predicted molar refractivity (Wildman–Crippen MR) is 118 cm³/mol. The molecule has 0 radical (unpaired) electrons. The molecule has 1 saturated heterocycles. The third-order valence-electron chi connectivity index (χ3n) is 4.97. The van der Waals surface area contributed by atoms with Gasteiger partial charge >= 0.3 is 5.97 Å². The molecule has 0 aliphatic carbocycles. The first-order chi connectivity index (χ1) is 14.7. The molecule has 8 nitrogen and oxygen atoms in total. The number of thiophene rings is 1. The van der Waals surface area contributed by atoms with Gasteiger partial charge in [-0.15, -0.1) is 11.3 Å². The second-order valence-corrected chi connectivity index (χ2v) is 10.3. The van der Waals surface area contributed by atoms with E-state index in [-0.39, 0.29) is 18.0 Å². The number of benzene rings is 1. The predicted octanol–water partition coefficient (Wildman–Crippen LogP) is 2.74. The van der Waals surface area contributed by atoms with Crippen LogP contribution >= 0.6 is 11.3 Å². The highest BCUT2D eigenvalue weighted by atomic mass is 32.2. The molecule has 31 heavy (non-hydrogen) atoms. The number of nitrogens with zero attached hydrogens (tertiary/aromatic N) is 1. The molecule has 1 amide bonds. The molecule has 1 fully saturated rings. The van der Waals surface area contributed by atoms with Crippen LogP contribution in [0.2, 0.25) is 0 Å². The van der Waals surface area contributed by atoms with Crippen molar-refractivity contribution < 1.29 is 27.5 Å². The Morgan fingerprint density at radius 2 is 1.87 bits per heavy atom. The van der Waals surface area contributed by atoms with Crippen LogP contribution in [0, 0.1) is 13.8 Å². The van der Waals surface area contributed by atoms with Crippen molar-refractivity contribution in [2.75, 3.05) is 38.2 Å². The summed E-state index contributed by atoms with van der Waals surface area (Å²) in [6, 6.07) is 6.33. The number of amides is 1. The monoisotopic (exact) mass is 466 g/mol. The Hall–Kier alpha value is -2.27. The lowest BCUT2D eigenvalue weighted by Crippen LogP contribution is -2.40. The summed E-state index contributed by atoms with van der Waals surface area (Å²) in [5.74, 6) is -1.09. The third-order valence-corrected chi connectivity index (χ3v) is 8.22. The first-order valence-corrected chi connectivity index (χ1v) is 12.2. The van der Waals surface area contributed by atoms with Crippen molar-refractivity contribution in [3.8, 4) is 0 Å². The van der Waals surface area contributed by atoms with E-state index in [2.05, 4.69) is 5.32 Å². The molecular weight excluding hydrogens is 440 g/mol. The van der Waals surface area contributed by atoms with Crippen molar-refractivity contribution in [2.45, 2.75) is 32.1 Å². The van der Waals surface area contributed by atoms with Crippen LogP contribution in [0.4, 0.5) is 5.69 Å². The zero-order chi connectivity index (χ0) is 22.6. The molecule has 168 valence electrons. The minimum atomic E-state index is -3.69. The number of sulfonamides is 1. The second-order valence-electron chi connectivity index (χ2n) is 7.19. The molecule has 0 bridgehead atoms. The number of anilines is 1. The molecule has 1 aromatic carbocycles. The maximum absolute atomic E-state index is 12.9. The number of nitrogens with one attached hydrogen (secondary N) is 1. The van der Waals surface area contributed by atoms with Gasteiger partial charge in [-0.1, -0.05) is 13.0 Å². The SMILES string of the molecule is CCc1sc(C(=O)OCC(=O)Nc2cc(S(=O)(=O)N3CCOCC3)ccc2C)cc1C. The van der Waals surface area contributed by atoms with Crippen molar-refractivity contribution in [3.05, 3.63) is 45.1 Å². The Morgan fingerprint density at radius 1 is 1.16 bits per heavy atom. The quantitative estimate of drug-likeness (QED) is 0.630. The summed E-state index contributed by atoms with van der Waals surface area (Å²) < 4.78 is 37.4. The van der Waals surface area contributed by atoms with Gasteiger partial charge in [0.25, 0.3) is 5.91 Å². The van der Waals surface area contributed by atoms with Gasteiger partial charge < -0.3 is 14.8 Å². The molecule has 1 aliphatic heterocycles. The fourth-order valence-corrected chi connectivity index (χ4v) is 5.63. The highest BCUT2D eigenvalue weighted by molar-refractivity contribution is 7.89. The van der Waals surface area contributed by atoms with Crippen LogP contribution in [-0.2, 0) is 30.7 Å². The van der Waals surface area contributed by atoms with Crippen LogP contribution < -0.4 is 5.32 Å². The normalized spacial score (nSPS) is 14.9. The Labute approximate surface area is 186 Å². The molecule has 10 heteroatoms. The Balaban J connectivity index is 1.65. The lowest BCUT2D eigenvalue weighted by molar-refractivity contribution is -0.119. The molecule has 0 saturated carbocycles. The van der Waals surface area contributed by atoms with E-state index in [0.717, 1.165) is 16.9 Å². The van der Waals surface area contributed by atoms with Crippen LogP contribution in [0.25, 0.3) is 0 Å². The zero-order valence-electron chi connectivity index (χ0n) is 17.8. The molecule has 0 atom stereocenters. The van der Waals surface area contributed by atoms with E-state index >= 15 is 0 Å². The number of hydrogen-bond acceptors (Lipinski definition) is 7. The lowest BCUT2D eigenvalue weighted by Gasteiger charge is -2.26. The molecule has 1 aromatic heterocycles. The molecular formula is C21H26N2O6S2. The maximum atomic E-state index is 12.9. The molecule has 1 aliphatic rings. The first kappa shape index (κ1) is 23.4. The van der Waals surface area contributed by atoms with Gasteiger partial charge in [0.1, 0.15) is 4.88 Å². The van der Waals surface area contributed by atoms with Crippen LogP contribution in [0.3, 0.4) is 0 Å². The summed E-state index contributed by atoms with van der Waals surface area (Å²) in [4.78, 5) is 26.2. The van der Waals surface area contributed by atoms with Crippen molar-refractivity contribution in [1.29, 1.82) is 0 Å². The number of rotatable bonds is 7. The van der Waals surface area contributed by atoms with Crippen LogP contribution in [0.1, 0.15) is 32.6 Å². The van der Waals surface area contributed by atoms with Gasteiger partial charge in [-0.25, -0.2) is 13.2 Å². The summed E-state index contributed by atoms with van der Waals surface area (Å²) in [5.41, 5.74) is 2.08. The minimum absolute atomic E-state index is 0.0912. The molecule has 0 spiro atoms. The van der Waals surface area contributed by atoms with Gasteiger partial charge in [0.15, 0.2) is 6.61 Å². The summed E-state index contributed by atoms with van der Waals surface area (Å²) in [7, 11) is -3.69. The van der Waals surface area contributed by atoms with Crippen LogP contribution in [0.15, 0.2) is 29.2 Å². The maximum Gasteiger partial charge on any atom is 0.348 e. The van der Waals surface area contributed by atoms with Crippen molar-refractivity contribution >= 4 is 38.9 Å². The standard InChI is InChI=1S/C21H26N2O6S2/c1-4-18-15(3)11-19(30-18)21(25)29-13-20(24)22-17-12-16(6-5-14(17)2)31(26,27)23-7-9-28-10-8-23/h5-6,11-12H,4,7-10,13H2,1-3H3,(H,22,24). The fourth-order valence-electron chi connectivity index (χ4n) is 3.19. The Morgan fingerprint density at radius 3 is 2.52 bits per heavy atom. The van der Waals surface area contributed by atoms with Crippen molar-refractivity contribution in [2.24, 2.45) is 0 Å². The lowest BCUT2D eigenvalue weighted by atomic mass is 10.2. The number of aryl methyl sites for hydroxylation is 3. The van der Waals surface area contributed by atoms with Gasteiger partial charge in [0, 0.05) is 23.7 Å². The van der Waals surface area contributed by atoms with Crippen LogP contribution in [-0.4, -0.2) is 57.5 Å². The van der Waals surface area contributed by atoms with E-state index in [1.54, 1.807) is 19.1 Å². The molecule has 3 rings (SSSR count). The van der Waals surface area contributed by atoms with E-state index in [4.69, 9.17) is 9.47 Å². The summed E-state index contributed by atoms with van der Waals surface area (Å²) in [5, 5.41) is 2.64. The molecule has 2 heterocycles. The zero-order valence-corrected chi connectivity index (χ0v) is 19.4. The average Bonchev–Trinajstić information content (AvgIpc) is 3.15. The number of ether oxygens (including phenoxy) is 2. The minimum Gasteiger partial charge on any atom is -0.451 e. The largest absolute Gasteiger partial charge is 0.451 e. The second kappa shape index (κ2) is 9.90. The smallest absolute Gasteiger partial charge is 0.348 e. The third kappa shape index (κ3) is 5.51. The number of carbonyl (C=O) groups is 2. The first-order valence-electron chi connectivity index (χ1n) is 9.97. The van der Waals surface area contributed by atoms with Gasteiger partial charge in [-0.2, -0.15) is 4.31 Å². The number of carbonyl (C=O) groups excluding carboxylic acids is 2. The highest BCUT2D eigenvalue weighted by Gasteiger charge is 2.27. The van der Waals surface area contributed by atoms with Crippen LogP contribution in [0.5, 0.6) is 0 Å². The van der Waals surface area contributed by atoms with Crippen molar-refractivity contribution in [3.63, 3.8) is 0 Å². The Bertz CT molecular complexity index is 1070. The van der Waals surface area contributed by atoms with E-state index in [9.17, 15) is 18.0 Å². The van der Waals surface area contributed by atoms with Gasteiger partial charge in [-0.05, 0) is 49.6 Å². The van der Waals surface area contributed by atoms with Gasteiger partial charge in [0.05, 0.1) is 18.1 Å². The molecule has 0 unspecified atom stereocenters. The topological polar surface area (TPSA) is 102 Å². The average molecular weight is 467 g/mol. The van der Waals surface area contributed by atoms with E-state index in [0.29, 0.717) is 29.3 Å². The molecule has 2 aromatic rings. The van der Waals surface area contributed by atoms with E-state index in [1.807, 2.05) is 13.8 Å². The van der Waals surface area contributed by atoms with Gasteiger partial charge in [0.2, 0.25) is 10.0 Å². The summed E-state index contributed by atoms with van der Waals surface area (Å²) >= 11 is 1.36. The number of morpholine rings is 1. The van der Waals surface area contributed by atoms with Gasteiger partial charge in [-0.3, -0.25) is 4.79 Å². The number of esters is 1. The fraction of sp³-hybridized carbons (Fsp3) is 0.429. The van der Waals surface area contributed by atoms with E-state index < -0.39 is 28.5 Å². The van der Waals surface area contributed by atoms with Crippen molar-refractivity contribution in [1.82, 2.24) is 4.31 Å². The number of hydrogen-bond donors (Lipinski definition) is 1.